The molecule has 80 valence electrons. The van der Waals surface area contributed by atoms with E-state index in [0.717, 1.165) is 21.8 Å². The molecule has 1 aliphatic heterocycles. The molecule has 1 amide bonds. The van der Waals surface area contributed by atoms with Crippen molar-refractivity contribution in [2.75, 3.05) is 11.1 Å². The molecule has 6 heteroatoms. The predicted molar refractivity (Wildman–Crippen MR) is 62.1 cm³/mol. The van der Waals surface area contributed by atoms with Crippen LogP contribution < -0.4 is 11.1 Å². The Balaban J connectivity index is 2.05. The standard InChI is InChI=1S/C10H8N4OS/c11-10-14-13-9(16-10)5-1-2-7-6(3-5)4-8(15)12-7/h1-3H,4H2,(H2,11,14)(H,12,15). The Labute approximate surface area is 95.3 Å². The molecule has 3 rings (SSSR count). The van der Waals surface area contributed by atoms with E-state index < -0.39 is 0 Å². The van der Waals surface area contributed by atoms with Crippen LogP contribution in [0.25, 0.3) is 10.6 Å². The summed E-state index contributed by atoms with van der Waals surface area (Å²) in [6, 6.07) is 5.74. The van der Waals surface area contributed by atoms with E-state index in [2.05, 4.69) is 15.5 Å². The maximum atomic E-state index is 11.2. The van der Waals surface area contributed by atoms with Crippen molar-refractivity contribution < 1.29 is 4.79 Å². The van der Waals surface area contributed by atoms with Crippen molar-refractivity contribution in [3.05, 3.63) is 23.8 Å². The minimum Gasteiger partial charge on any atom is -0.374 e. The second-order valence-corrected chi connectivity index (χ2v) is 4.55. The van der Waals surface area contributed by atoms with E-state index in [1.54, 1.807) is 0 Å². The summed E-state index contributed by atoms with van der Waals surface area (Å²) in [4.78, 5) is 11.2. The average Bonchev–Trinajstić information content (AvgIpc) is 2.81. The van der Waals surface area contributed by atoms with Crippen molar-refractivity contribution in [3.63, 3.8) is 0 Å². The van der Waals surface area contributed by atoms with Gasteiger partial charge < -0.3 is 11.1 Å². The number of anilines is 2. The lowest BCUT2D eigenvalue weighted by Crippen LogP contribution is -2.03. The second-order valence-electron chi connectivity index (χ2n) is 3.54. The monoisotopic (exact) mass is 232 g/mol. The Kier molecular flexibility index (Phi) is 1.90. The molecular weight excluding hydrogens is 224 g/mol. The van der Waals surface area contributed by atoms with Gasteiger partial charge >= 0.3 is 0 Å². The number of nitrogens with two attached hydrogens (primary N) is 1. The zero-order chi connectivity index (χ0) is 11.1. The first-order valence-corrected chi connectivity index (χ1v) is 5.56. The van der Waals surface area contributed by atoms with Gasteiger partial charge in [-0.1, -0.05) is 11.3 Å². The van der Waals surface area contributed by atoms with Gasteiger partial charge in [-0.25, -0.2) is 0 Å². The van der Waals surface area contributed by atoms with Crippen molar-refractivity contribution in [2.24, 2.45) is 0 Å². The van der Waals surface area contributed by atoms with E-state index in [0.29, 0.717) is 11.6 Å². The minimum absolute atomic E-state index is 0.0314. The molecule has 0 fully saturated rings. The summed E-state index contributed by atoms with van der Waals surface area (Å²) in [7, 11) is 0. The first-order valence-electron chi connectivity index (χ1n) is 4.74. The molecule has 2 heterocycles. The number of nitrogens with zero attached hydrogens (tertiary/aromatic N) is 2. The highest BCUT2D eigenvalue weighted by Crippen LogP contribution is 2.30. The van der Waals surface area contributed by atoms with Gasteiger partial charge in [0.25, 0.3) is 0 Å². The molecule has 16 heavy (non-hydrogen) atoms. The molecule has 1 aromatic heterocycles. The molecule has 0 atom stereocenters. The van der Waals surface area contributed by atoms with Crippen molar-refractivity contribution in [3.8, 4) is 10.6 Å². The summed E-state index contributed by atoms with van der Waals surface area (Å²) in [5, 5.41) is 11.7. The Bertz CT molecular complexity index is 578. The number of nitrogens with one attached hydrogen (secondary N) is 1. The number of hydrogen-bond donors (Lipinski definition) is 2. The molecule has 0 bridgehead atoms. The molecule has 0 unspecified atom stereocenters. The normalized spacial score (nSPS) is 13.6. The molecule has 3 N–H and O–H groups in total. The van der Waals surface area contributed by atoms with Crippen LogP contribution in [0, 0.1) is 0 Å². The maximum absolute atomic E-state index is 11.2. The van der Waals surface area contributed by atoms with Crippen LogP contribution in [0.4, 0.5) is 10.8 Å². The van der Waals surface area contributed by atoms with Gasteiger partial charge in [0.2, 0.25) is 11.0 Å². The second kappa shape index (κ2) is 3.28. The van der Waals surface area contributed by atoms with Crippen LogP contribution in [0.5, 0.6) is 0 Å². The predicted octanol–water partition coefficient (Wildman–Crippen LogP) is 1.28. The number of aromatic nitrogens is 2. The summed E-state index contributed by atoms with van der Waals surface area (Å²) in [6.45, 7) is 0. The minimum atomic E-state index is 0.0314. The number of rotatable bonds is 1. The molecule has 5 nitrogen and oxygen atoms in total. The highest BCUT2D eigenvalue weighted by atomic mass is 32.1. The molecule has 2 aromatic rings. The van der Waals surface area contributed by atoms with E-state index >= 15 is 0 Å². The summed E-state index contributed by atoms with van der Waals surface area (Å²) in [6.07, 6.45) is 0.428. The maximum Gasteiger partial charge on any atom is 0.228 e. The molecular formula is C10H8N4OS. The average molecular weight is 232 g/mol. The number of benzene rings is 1. The van der Waals surface area contributed by atoms with Crippen LogP contribution in [0.15, 0.2) is 18.2 Å². The van der Waals surface area contributed by atoms with E-state index in [-0.39, 0.29) is 5.91 Å². The van der Waals surface area contributed by atoms with Crippen LogP contribution in [-0.4, -0.2) is 16.1 Å². The molecule has 0 spiro atoms. The van der Waals surface area contributed by atoms with Crippen LogP contribution >= 0.6 is 11.3 Å². The molecule has 0 radical (unpaired) electrons. The summed E-state index contributed by atoms with van der Waals surface area (Å²) >= 11 is 1.34. The molecule has 0 aliphatic carbocycles. The van der Waals surface area contributed by atoms with Crippen molar-refractivity contribution in [1.29, 1.82) is 0 Å². The zero-order valence-corrected chi connectivity index (χ0v) is 9.04. The van der Waals surface area contributed by atoms with Crippen molar-refractivity contribution in [2.45, 2.75) is 6.42 Å². The lowest BCUT2D eigenvalue weighted by atomic mass is 10.1. The summed E-state index contributed by atoms with van der Waals surface area (Å²) in [5.41, 5.74) is 8.36. The van der Waals surface area contributed by atoms with Crippen LogP contribution in [0.1, 0.15) is 5.56 Å². The highest BCUT2D eigenvalue weighted by molar-refractivity contribution is 7.18. The smallest absolute Gasteiger partial charge is 0.228 e. The fourth-order valence-corrected chi connectivity index (χ4v) is 2.32. The fourth-order valence-electron chi connectivity index (χ4n) is 1.71. The quantitative estimate of drug-likeness (QED) is 0.776. The van der Waals surface area contributed by atoms with E-state index in [9.17, 15) is 4.79 Å². The van der Waals surface area contributed by atoms with Gasteiger partial charge in [0, 0.05) is 11.3 Å². The Hall–Kier alpha value is -1.95. The Morgan fingerprint density at radius 2 is 2.25 bits per heavy atom. The van der Waals surface area contributed by atoms with Crippen LogP contribution in [-0.2, 0) is 11.2 Å². The molecule has 0 saturated heterocycles. The van der Waals surface area contributed by atoms with Gasteiger partial charge in [-0.15, -0.1) is 10.2 Å². The van der Waals surface area contributed by atoms with Gasteiger partial charge in [-0.05, 0) is 23.8 Å². The number of hydrogen-bond acceptors (Lipinski definition) is 5. The van der Waals surface area contributed by atoms with Gasteiger partial charge in [-0.2, -0.15) is 0 Å². The van der Waals surface area contributed by atoms with Gasteiger partial charge in [0.15, 0.2) is 0 Å². The van der Waals surface area contributed by atoms with Gasteiger partial charge in [-0.3, -0.25) is 4.79 Å². The number of amides is 1. The lowest BCUT2D eigenvalue weighted by Gasteiger charge is -2.00. The number of carbonyl (C=O) groups excluding carboxylic acids is 1. The molecule has 1 aliphatic rings. The Morgan fingerprint density at radius 1 is 1.38 bits per heavy atom. The van der Waals surface area contributed by atoms with Crippen molar-refractivity contribution >= 4 is 28.1 Å². The Morgan fingerprint density at radius 3 is 3.00 bits per heavy atom. The van der Waals surface area contributed by atoms with E-state index in [4.69, 9.17) is 5.73 Å². The summed E-state index contributed by atoms with van der Waals surface area (Å²) in [5.74, 6) is 0.0314. The SMILES string of the molecule is Nc1nnc(-c2ccc3c(c2)CC(=O)N3)s1. The first-order chi connectivity index (χ1) is 7.72. The fraction of sp³-hybridized carbons (Fsp3) is 0.100. The van der Waals surface area contributed by atoms with Gasteiger partial charge in [0.1, 0.15) is 5.01 Å². The van der Waals surface area contributed by atoms with Gasteiger partial charge in [0.05, 0.1) is 6.42 Å². The van der Waals surface area contributed by atoms with Crippen molar-refractivity contribution in [1.82, 2.24) is 10.2 Å². The van der Waals surface area contributed by atoms with Crippen LogP contribution in [0.3, 0.4) is 0 Å². The summed E-state index contributed by atoms with van der Waals surface area (Å²) < 4.78 is 0. The zero-order valence-electron chi connectivity index (χ0n) is 8.23. The number of nitrogen functional groups attached to an aromatic ring is 1. The lowest BCUT2D eigenvalue weighted by molar-refractivity contribution is -0.115. The number of fused-ring (bicyclic) bond motifs is 1. The first kappa shape index (κ1) is 9.29. The largest absolute Gasteiger partial charge is 0.374 e. The third-order valence-corrected chi connectivity index (χ3v) is 3.22. The van der Waals surface area contributed by atoms with E-state index in [1.807, 2.05) is 18.2 Å². The molecule has 1 aromatic carbocycles. The van der Waals surface area contributed by atoms with E-state index in [1.165, 1.54) is 11.3 Å². The highest BCUT2D eigenvalue weighted by Gasteiger charge is 2.18. The third-order valence-electron chi connectivity index (χ3n) is 2.42. The number of carbonyl (C=O) groups is 1. The topological polar surface area (TPSA) is 80.9 Å². The third kappa shape index (κ3) is 1.43. The van der Waals surface area contributed by atoms with Crippen LogP contribution in [0.2, 0.25) is 0 Å². The molecule has 0 saturated carbocycles.